The molecule has 0 saturated carbocycles. The molecule has 4 bridgehead atoms. The van der Waals surface area contributed by atoms with Crippen molar-refractivity contribution in [3.8, 4) is 17.1 Å². The predicted molar refractivity (Wildman–Crippen MR) is 164 cm³/mol. The Kier molecular flexibility index (Phi) is 8.84. The molecule has 0 radical (unpaired) electrons. The molecule has 1 fully saturated rings. The number of piperidine rings is 1. The van der Waals surface area contributed by atoms with E-state index in [0.717, 1.165) is 49.0 Å². The van der Waals surface area contributed by atoms with Gasteiger partial charge in [-0.25, -0.2) is 18.1 Å². The smallest absolute Gasteiger partial charge is 0.264 e. The lowest BCUT2D eigenvalue weighted by atomic mass is 9.94. The lowest BCUT2D eigenvalue weighted by Crippen LogP contribution is -2.49. The van der Waals surface area contributed by atoms with Gasteiger partial charge in [0.05, 0.1) is 17.2 Å². The molecular weight excluding hydrogens is 550 g/mol. The SMILES string of the molecule is Cc1cccc(C)c1-c1cc2nc(n1)NS(=O)(=O)c1cccc(c1)C(=O)N(C1CCN(C)CC1)CC(CC(C)C)CO2. The van der Waals surface area contributed by atoms with Gasteiger partial charge >= 0.3 is 0 Å². The van der Waals surface area contributed by atoms with Crippen molar-refractivity contribution in [2.24, 2.45) is 11.8 Å². The molecule has 2 aromatic carbocycles. The number of carbonyl (C=O) groups is 1. The van der Waals surface area contributed by atoms with Crippen LogP contribution < -0.4 is 9.46 Å². The lowest BCUT2D eigenvalue weighted by molar-refractivity contribution is 0.0497. The molecule has 1 amide bonds. The summed E-state index contributed by atoms with van der Waals surface area (Å²) in [6.45, 7) is 11.0. The molecule has 2 aliphatic heterocycles. The number of benzene rings is 2. The maximum Gasteiger partial charge on any atom is 0.264 e. The number of fused-ring (bicyclic) bond motifs is 4. The average molecular weight is 592 g/mol. The Bertz CT molecular complexity index is 1530. The van der Waals surface area contributed by atoms with Crippen molar-refractivity contribution in [3.05, 3.63) is 65.2 Å². The van der Waals surface area contributed by atoms with Crippen LogP contribution in [0.25, 0.3) is 11.3 Å². The molecule has 42 heavy (non-hydrogen) atoms. The van der Waals surface area contributed by atoms with Crippen LogP contribution >= 0.6 is 0 Å². The van der Waals surface area contributed by atoms with E-state index in [0.29, 0.717) is 30.3 Å². The Morgan fingerprint density at radius 1 is 1.02 bits per heavy atom. The third-order valence-corrected chi connectivity index (χ3v) is 9.50. The van der Waals surface area contributed by atoms with E-state index in [2.05, 4.69) is 40.5 Å². The zero-order chi connectivity index (χ0) is 30.0. The first kappa shape index (κ1) is 30.0. The van der Waals surface area contributed by atoms with Gasteiger partial charge in [0, 0.05) is 35.7 Å². The Balaban J connectivity index is 1.61. The summed E-state index contributed by atoms with van der Waals surface area (Å²) in [5, 5.41) is 0. The van der Waals surface area contributed by atoms with Crippen molar-refractivity contribution >= 4 is 21.9 Å². The quantitative estimate of drug-likeness (QED) is 0.447. The second kappa shape index (κ2) is 12.4. The summed E-state index contributed by atoms with van der Waals surface area (Å²) in [7, 11) is -2.00. The zero-order valence-electron chi connectivity index (χ0n) is 25.1. The number of hydrogen-bond donors (Lipinski definition) is 1. The van der Waals surface area contributed by atoms with Gasteiger partial charge in [-0.05, 0) is 88.5 Å². The summed E-state index contributed by atoms with van der Waals surface area (Å²) >= 11 is 0. The van der Waals surface area contributed by atoms with Crippen molar-refractivity contribution in [1.29, 1.82) is 0 Å². The van der Waals surface area contributed by atoms with Crippen LogP contribution in [0.15, 0.2) is 53.4 Å². The maximum absolute atomic E-state index is 14.1. The number of anilines is 1. The van der Waals surface area contributed by atoms with E-state index in [1.165, 1.54) is 12.1 Å². The molecule has 3 aromatic rings. The third-order valence-electron chi connectivity index (χ3n) is 8.17. The Hall–Kier alpha value is -3.50. The number of sulfonamides is 1. The second-order valence-electron chi connectivity index (χ2n) is 12.1. The van der Waals surface area contributed by atoms with Gasteiger partial charge in [-0.1, -0.05) is 38.1 Å². The number of likely N-dealkylation sites (tertiary alicyclic amines) is 1. The zero-order valence-corrected chi connectivity index (χ0v) is 25.9. The van der Waals surface area contributed by atoms with Crippen LogP contribution in [0, 0.1) is 25.7 Å². The third kappa shape index (κ3) is 6.76. The standard InChI is InChI=1S/C32H41N5O4S/c1-21(2)16-24-19-37(26-12-14-36(5)15-13-26)31(38)25-10-7-11-27(17-25)42(39,40)35-32-33-28(18-29(34-32)41-20-24)30-22(3)8-6-9-23(30)4/h6-11,17-18,21,24,26H,12-16,19-20H2,1-5H3,(H,33,34,35). The Morgan fingerprint density at radius 2 is 1.71 bits per heavy atom. The van der Waals surface area contributed by atoms with Crippen LogP contribution in [0.3, 0.4) is 0 Å². The number of carbonyl (C=O) groups excluding carboxylic acids is 1. The Labute approximate surface area is 249 Å². The van der Waals surface area contributed by atoms with Crippen molar-refractivity contribution < 1.29 is 17.9 Å². The molecule has 9 nitrogen and oxygen atoms in total. The highest BCUT2D eigenvalue weighted by molar-refractivity contribution is 7.92. The van der Waals surface area contributed by atoms with Crippen LogP contribution in [-0.2, 0) is 10.0 Å². The molecule has 1 aromatic heterocycles. The first-order chi connectivity index (χ1) is 20.0. The molecule has 0 aliphatic carbocycles. The monoisotopic (exact) mass is 591 g/mol. The summed E-state index contributed by atoms with van der Waals surface area (Å²) < 4.78 is 36.0. The largest absolute Gasteiger partial charge is 0.477 e. The summed E-state index contributed by atoms with van der Waals surface area (Å²) in [6, 6.07) is 14.1. The molecule has 3 heterocycles. The number of hydrogen-bond acceptors (Lipinski definition) is 7. The fourth-order valence-corrected chi connectivity index (χ4v) is 7.07. The number of nitrogens with zero attached hydrogens (tertiary/aromatic N) is 4. The molecule has 1 saturated heterocycles. The normalized spacial score (nSPS) is 20.1. The summed E-state index contributed by atoms with van der Waals surface area (Å²) in [4.78, 5) is 27.4. The van der Waals surface area contributed by atoms with Gasteiger partial charge < -0.3 is 14.5 Å². The van der Waals surface area contributed by atoms with Gasteiger partial charge in [-0.15, -0.1) is 0 Å². The van der Waals surface area contributed by atoms with Crippen LogP contribution in [0.2, 0.25) is 0 Å². The highest BCUT2D eigenvalue weighted by atomic mass is 32.2. The fourth-order valence-electron chi connectivity index (χ4n) is 6.08. The minimum atomic E-state index is -4.09. The molecule has 10 heteroatoms. The molecule has 0 spiro atoms. The molecule has 1 unspecified atom stereocenters. The lowest BCUT2D eigenvalue weighted by Gasteiger charge is -2.39. The van der Waals surface area contributed by atoms with E-state index in [4.69, 9.17) is 4.74 Å². The number of nitrogens with one attached hydrogen (secondary N) is 1. The van der Waals surface area contributed by atoms with Crippen LogP contribution in [0.1, 0.15) is 54.6 Å². The predicted octanol–water partition coefficient (Wildman–Crippen LogP) is 5.15. The topological polar surface area (TPSA) is 105 Å². The first-order valence-electron chi connectivity index (χ1n) is 14.7. The highest BCUT2D eigenvalue weighted by Crippen LogP contribution is 2.31. The van der Waals surface area contributed by atoms with Gasteiger partial charge in [-0.3, -0.25) is 4.79 Å². The van der Waals surface area contributed by atoms with Gasteiger partial charge in [0.1, 0.15) is 0 Å². The van der Waals surface area contributed by atoms with Gasteiger partial charge in [0.25, 0.3) is 15.9 Å². The molecular formula is C32H41N5O4S. The fraction of sp³-hybridized carbons (Fsp3) is 0.469. The van der Waals surface area contributed by atoms with E-state index < -0.39 is 10.0 Å². The first-order valence-corrected chi connectivity index (χ1v) is 16.2. The molecule has 1 atom stereocenters. The minimum absolute atomic E-state index is 0.0176. The van der Waals surface area contributed by atoms with Crippen LogP contribution in [0.5, 0.6) is 5.88 Å². The second-order valence-corrected chi connectivity index (χ2v) is 13.8. The van der Waals surface area contributed by atoms with Crippen LogP contribution in [-0.4, -0.2) is 73.4 Å². The van der Waals surface area contributed by atoms with E-state index in [1.807, 2.05) is 36.9 Å². The number of amides is 1. The van der Waals surface area contributed by atoms with E-state index in [9.17, 15) is 13.2 Å². The van der Waals surface area contributed by atoms with Gasteiger partial charge in [-0.2, -0.15) is 4.98 Å². The number of rotatable bonds is 4. The summed E-state index contributed by atoms with van der Waals surface area (Å²) in [5.74, 6) is 0.510. The van der Waals surface area contributed by atoms with E-state index in [1.54, 1.807) is 18.2 Å². The van der Waals surface area contributed by atoms with Crippen molar-refractivity contribution in [2.75, 3.05) is 38.0 Å². The maximum atomic E-state index is 14.1. The van der Waals surface area contributed by atoms with E-state index >= 15 is 0 Å². The number of ether oxygens (including phenoxy) is 1. The summed E-state index contributed by atoms with van der Waals surface area (Å²) in [6.07, 6.45) is 2.60. The van der Waals surface area contributed by atoms with Crippen molar-refractivity contribution in [2.45, 2.75) is 57.9 Å². The van der Waals surface area contributed by atoms with Crippen molar-refractivity contribution in [1.82, 2.24) is 19.8 Å². The minimum Gasteiger partial charge on any atom is -0.477 e. The number of aryl methyl sites for hydroxylation is 2. The van der Waals surface area contributed by atoms with Crippen LogP contribution in [0.4, 0.5) is 5.95 Å². The highest BCUT2D eigenvalue weighted by Gasteiger charge is 2.31. The Morgan fingerprint density at radius 3 is 2.40 bits per heavy atom. The molecule has 1 N–H and O–H groups in total. The van der Waals surface area contributed by atoms with Crippen molar-refractivity contribution in [3.63, 3.8) is 0 Å². The number of aromatic nitrogens is 2. The average Bonchev–Trinajstić information content (AvgIpc) is 2.94. The van der Waals surface area contributed by atoms with Gasteiger partial charge in [0.15, 0.2) is 0 Å². The summed E-state index contributed by atoms with van der Waals surface area (Å²) in [5.41, 5.74) is 3.87. The van der Waals surface area contributed by atoms with E-state index in [-0.39, 0.29) is 34.6 Å². The van der Waals surface area contributed by atoms with Gasteiger partial charge in [0.2, 0.25) is 11.8 Å². The molecule has 224 valence electrons. The molecule has 5 rings (SSSR count). The molecule has 2 aliphatic rings.